The van der Waals surface area contributed by atoms with Crippen molar-refractivity contribution in [1.29, 1.82) is 0 Å². The lowest BCUT2D eigenvalue weighted by Gasteiger charge is -2.31. The Kier molecular flexibility index (Phi) is 8.57. The molecule has 1 aliphatic rings. The van der Waals surface area contributed by atoms with Crippen LogP contribution in [-0.2, 0) is 9.59 Å². The first kappa shape index (κ1) is 28.0. The molecule has 12 heteroatoms. The van der Waals surface area contributed by atoms with Gasteiger partial charge in [0.05, 0.1) is 12.5 Å². The number of nitrogens with zero attached hydrogens (tertiary/aromatic N) is 2. The number of aliphatic carboxylic acids is 1. The van der Waals surface area contributed by atoms with E-state index >= 15 is 0 Å². The van der Waals surface area contributed by atoms with Gasteiger partial charge < -0.3 is 21.1 Å². The predicted molar refractivity (Wildman–Crippen MR) is 142 cm³/mol. The summed E-state index contributed by atoms with van der Waals surface area (Å²) >= 11 is 0. The van der Waals surface area contributed by atoms with Crippen LogP contribution in [0.3, 0.4) is 0 Å². The van der Waals surface area contributed by atoms with E-state index in [9.17, 15) is 33.1 Å². The number of benzene rings is 3. The first-order valence-electron chi connectivity index (χ1n) is 12.4. The number of carboxylic acid groups (broad SMARTS) is 1. The molecule has 1 heterocycles. The lowest BCUT2D eigenvalue weighted by molar-refractivity contribution is -0.138. The molecule has 0 bridgehead atoms. The second-order valence-electron chi connectivity index (χ2n) is 9.21. The summed E-state index contributed by atoms with van der Waals surface area (Å²) in [6, 6.07) is 14.6. The van der Waals surface area contributed by atoms with Crippen LogP contribution in [0.15, 0.2) is 72.8 Å². The largest absolute Gasteiger partial charge is 0.481 e. The van der Waals surface area contributed by atoms with E-state index in [0.717, 1.165) is 33.6 Å². The van der Waals surface area contributed by atoms with Crippen molar-refractivity contribution in [2.75, 3.05) is 23.7 Å². The monoisotopic (exact) mass is 551 g/mol. The molecule has 208 valence electrons. The Bertz CT molecular complexity index is 1400. The fourth-order valence-electron chi connectivity index (χ4n) is 4.30. The summed E-state index contributed by atoms with van der Waals surface area (Å²) in [5.74, 6) is -3.18. The van der Waals surface area contributed by atoms with E-state index in [2.05, 4.69) is 16.0 Å². The van der Waals surface area contributed by atoms with E-state index in [-0.39, 0.29) is 18.8 Å². The van der Waals surface area contributed by atoms with Crippen LogP contribution >= 0.6 is 0 Å². The molecule has 3 aromatic rings. The van der Waals surface area contributed by atoms with Gasteiger partial charge in [0.15, 0.2) is 6.17 Å². The second-order valence-corrected chi connectivity index (χ2v) is 9.21. The molecular formula is C28H27F2N5O5. The molecule has 0 spiro atoms. The van der Waals surface area contributed by atoms with Crippen LogP contribution in [0.4, 0.5) is 29.7 Å². The molecule has 0 saturated carbocycles. The molecule has 0 radical (unpaired) electrons. The van der Waals surface area contributed by atoms with Crippen molar-refractivity contribution in [2.24, 2.45) is 0 Å². The zero-order chi connectivity index (χ0) is 28.8. The number of carbonyl (C=O) groups excluding carboxylic acids is 3. The minimum atomic E-state index is -1.48. The highest BCUT2D eigenvalue weighted by Crippen LogP contribution is 2.23. The van der Waals surface area contributed by atoms with Crippen LogP contribution in [0.1, 0.15) is 23.6 Å². The van der Waals surface area contributed by atoms with Gasteiger partial charge in [0.2, 0.25) is 0 Å². The molecule has 1 saturated heterocycles. The van der Waals surface area contributed by atoms with Gasteiger partial charge in [0.1, 0.15) is 11.6 Å². The Morgan fingerprint density at radius 3 is 2.02 bits per heavy atom. The van der Waals surface area contributed by atoms with E-state index in [1.165, 1.54) is 30.3 Å². The highest BCUT2D eigenvalue weighted by atomic mass is 19.1. The van der Waals surface area contributed by atoms with Gasteiger partial charge in [-0.05, 0) is 55.0 Å². The first-order chi connectivity index (χ1) is 19.1. The molecule has 1 fully saturated rings. The summed E-state index contributed by atoms with van der Waals surface area (Å²) in [7, 11) is 0. The smallest absolute Gasteiger partial charge is 0.323 e. The zero-order valence-electron chi connectivity index (χ0n) is 21.4. The molecule has 3 aromatic carbocycles. The normalized spacial score (nSPS) is 15.3. The van der Waals surface area contributed by atoms with Crippen LogP contribution in [-0.4, -0.2) is 58.1 Å². The summed E-state index contributed by atoms with van der Waals surface area (Å²) in [5, 5.41) is 17.2. The summed E-state index contributed by atoms with van der Waals surface area (Å²) in [5.41, 5.74) is 1.90. The number of carbonyl (C=O) groups is 4. The Hall–Kier alpha value is -5.00. The third-order valence-corrected chi connectivity index (χ3v) is 6.27. The van der Waals surface area contributed by atoms with E-state index in [0.29, 0.717) is 11.3 Å². The van der Waals surface area contributed by atoms with Crippen molar-refractivity contribution in [3.8, 4) is 0 Å². The average molecular weight is 552 g/mol. The van der Waals surface area contributed by atoms with Gasteiger partial charge in [0, 0.05) is 24.5 Å². The number of hydrogen-bond donors (Lipinski definition) is 4. The van der Waals surface area contributed by atoms with Gasteiger partial charge >= 0.3 is 18.0 Å². The lowest BCUT2D eigenvalue weighted by atomic mass is 10.0. The van der Waals surface area contributed by atoms with Crippen molar-refractivity contribution in [3.63, 3.8) is 0 Å². The van der Waals surface area contributed by atoms with E-state index in [1.807, 2.05) is 6.92 Å². The standard InChI is InChI=1S/C28H27F2N5O5/c1-17-5-11-21(12-6-17)31-27(39)34-13-14-35(28(40)32-22-4-2-3-20(30)15-22)26(34)25(38)33-23(16-24(36)37)18-7-9-19(29)10-8-18/h2-12,15,23,26H,13-14,16H2,1H3,(H,31,39)(H,32,40)(H,33,38)(H,36,37). The Morgan fingerprint density at radius 1 is 0.850 bits per heavy atom. The molecule has 4 rings (SSSR count). The van der Waals surface area contributed by atoms with Gasteiger partial charge in [-0.3, -0.25) is 19.4 Å². The number of rotatable bonds is 7. The summed E-state index contributed by atoms with van der Waals surface area (Å²) in [6.07, 6.45) is -2.01. The predicted octanol–water partition coefficient (Wildman–Crippen LogP) is 4.31. The molecule has 1 aliphatic heterocycles. The minimum Gasteiger partial charge on any atom is -0.481 e. The van der Waals surface area contributed by atoms with Crippen molar-refractivity contribution in [2.45, 2.75) is 25.6 Å². The molecule has 2 unspecified atom stereocenters. The van der Waals surface area contributed by atoms with Gasteiger partial charge in [-0.1, -0.05) is 35.9 Å². The van der Waals surface area contributed by atoms with Crippen LogP contribution < -0.4 is 16.0 Å². The van der Waals surface area contributed by atoms with E-state index in [4.69, 9.17) is 0 Å². The summed E-state index contributed by atoms with van der Waals surface area (Å²) < 4.78 is 27.1. The van der Waals surface area contributed by atoms with Gasteiger partial charge in [-0.15, -0.1) is 0 Å². The minimum absolute atomic E-state index is 0.0213. The average Bonchev–Trinajstić information content (AvgIpc) is 3.36. The second kappa shape index (κ2) is 12.2. The van der Waals surface area contributed by atoms with Crippen molar-refractivity contribution < 1.29 is 33.1 Å². The third kappa shape index (κ3) is 6.90. The van der Waals surface area contributed by atoms with Crippen molar-refractivity contribution >= 4 is 35.3 Å². The first-order valence-corrected chi connectivity index (χ1v) is 12.4. The number of carboxylic acids is 1. The fraction of sp³-hybridized carbons (Fsp3) is 0.214. The quantitative estimate of drug-likeness (QED) is 0.348. The molecule has 5 amide bonds. The maximum Gasteiger partial charge on any atom is 0.323 e. The summed E-state index contributed by atoms with van der Waals surface area (Å²) in [4.78, 5) is 53.9. The topological polar surface area (TPSA) is 131 Å². The highest BCUT2D eigenvalue weighted by molar-refractivity contribution is 5.98. The van der Waals surface area contributed by atoms with Crippen LogP contribution in [0.5, 0.6) is 0 Å². The van der Waals surface area contributed by atoms with E-state index < -0.39 is 54.2 Å². The molecule has 4 N–H and O–H groups in total. The summed E-state index contributed by atoms with van der Waals surface area (Å²) in [6.45, 7) is 1.82. The Balaban J connectivity index is 1.60. The number of urea groups is 2. The number of aryl methyl sites for hydroxylation is 1. The number of halogens is 2. The lowest BCUT2D eigenvalue weighted by Crippen LogP contribution is -2.56. The number of amides is 5. The molecule has 0 aromatic heterocycles. The zero-order valence-corrected chi connectivity index (χ0v) is 21.4. The number of anilines is 2. The molecular weight excluding hydrogens is 524 g/mol. The molecule has 10 nitrogen and oxygen atoms in total. The van der Waals surface area contributed by atoms with Crippen LogP contribution in [0.25, 0.3) is 0 Å². The number of nitrogens with one attached hydrogen (secondary N) is 3. The fourth-order valence-corrected chi connectivity index (χ4v) is 4.30. The highest BCUT2D eigenvalue weighted by Gasteiger charge is 2.43. The maximum absolute atomic E-state index is 13.7. The van der Waals surface area contributed by atoms with Gasteiger partial charge in [-0.2, -0.15) is 0 Å². The SMILES string of the molecule is Cc1ccc(NC(=O)N2CCN(C(=O)Nc3cccc(F)c3)C2C(=O)NC(CC(=O)O)c2ccc(F)cc2)cc1. The van der Waals surface area contributed by atoms with Crippen molar-refractivity contribution in [1.82, 2.24) is 15.1 Å². The van der Waals surface area contributed by atoms with Crippen LogP contribution in [0.2, 0.25) is 0 Å². The van der Waals surface area contributed by atoms with Gasteiger partial charge in [0.25, 0.3) is 5.91 Å². The number of hydrogen-bond acceptors (Lipinski definition) is 4. The Labute approximate surface area is 228 Å². The Morgan fingerprint density at radius 2 is 1.45 bits per heavy atom. The van der Waals surface area contributed by atoms with E-state index in [1.54, 1.807) is 24.3 Å². The maximum atomic E-state index is 13.7. The van der Waals surface area contributed by atoms with Crippen molar-refractivity contribution in [3.05, 3.63) is 95.6 Å². The molecule has 0 aliphatic carbocycles. The molecule has 2 atom stereocenters. The van der Waals surface area contributed by atoms with Gasteiger partial charge in [-0.25, -0.2) is 18.4 Å². The molecule has 40 heavy (non-hydrogen) atoms. The third-order valence-electron chi connectivity index (χ3n) is 6.27. The van der Waals surface area contributed by atoms with Crippen LogP contribution in [0, 0.1) is 18.6 Å².